The fourth-order valence-electron chi connectivity index (χ4n) is 3.30. The van der Waals surface area contributed by atoms with Crippen LogP contribution in [0.15, 0.2) is 48.2 Å². The lowest BCUT2D eigenvalue weighted by molar-refractivity contribution is -0.135. The molecule has 2 amide bonds. The van der Waals surface area contributed by atoms with Crippen molar-refractivity contribution in [3.05, 3.63) is 70.4 Å². The second kappa shape index (κ2) is 6.69. The molecular weight excluding hydrogens is 336 g/mol. The molecule has 140 valence electrons. The van der Waals surface area contributed by atoms with E-state index in [0.29, 0.717) is 11.3 Å². The maximum Gasteiger partial charge on any atom is 0.277 e. The van der Waals surface area contributed by atoms with Crippen LogP contribution in [0.2, 0.25) is 0 Å². The van der Waals surface area contributed by atoms with Crippen molar-refractivity contribution in [1.29, 1.82) is 0 Å². The number of rotatable bonds is 3. The topological polar surface area (TPSA) is 49.4 Å². The predicted molar refractivity (Wildman–Crippen MR) is 109 cm³/mol. The first-order valence-electron chi connectivity index (χ1n) is 9.11. The summed E-state index contributed by atoms with van der Waals surface area (Å²) in [6.45, 7) is 10.4. The molecule has 0 saturated carbocycles. The second-order valence-electron chi connectivity index (χ2n) is 8.19. The Balaban J connectivity index is 2.05. The van der Waals surface area contributed by atoms with Crippen LogP contribution >= 0.6 is 0 Å². The molecule has 4 nitrogen and oxygen atoms in total. The molecule has 0 atom stereocenters. The Morgan fingerprint density at radius 1 is 0.889 bits per heavy atom. The van der Waals surface area contributed by atoms with Gasteiger partial charge in [0.2, 0.25) is 0 Å². The highest BCUT2D eigenvalue weighted by Crippen LogP contribution is 2.32. The molecule has 0 saturated heterocycles. The van der Waals surface area contributed by atoms with Gasteiger partial charge in [0.05, 0.1) is 5.57 Å². The molecule has 1 heterocycles. The predicted octanol–water partition coefficient (Wildman–Crippen LogP) is 4.42. The molecule has 0 aromatic heterocycles. The molecule has 0 radical (unpaired) electrons. The van der Waals surface area contributed by atoms with Crippen molar-refractivity contribution in [3.8, 4) is 0 Å². The molecular formula is C23H26N2O2. The van der Waals surface area contributed by atoms with Gasteiger partial charge < -0.3 is 5.32 Å². The summed E-state index contributed by atoms with van der Waals surface area (Å²) in [6, 6.07) is 13.9. The zero-order valence-electron chi connectivity index (χ0n) is 16.8. The summed E-state index contributed by atoms with van der Waals surface area (Å²) >= 11 is 0. The summed E-state index contributed by atoms with van der Waals surface area (Å²) in [5.41, 5.74) is 5.70. The van der Waals surface area contributed by atoms with Gasteiger partial charge in [0.1, 0.15) is 5.70 Å². The molecule has 3 rings (SSSR count). The highest BCUT2D eigenvalue weighted by Gasteiger charge is 2.37. The third kappa shape index (κ3) is 3.52. The van der Waals surface area contributed by atoms with E-state index in [-0.39, 0.29) is 17.2 Å². The summed E-state index contributed by atoms with van der Waals surface area (Å²) in [6.07, 6.45) is 0. The molecule has 1 aliphatic heterocycles. The average Bonchev–Trinajstić information content (AvgIpc) is 2.79. The second-order valence-corrected chi connectivity index (χ2v) is 8.19. The monoisotopic (exact) mass is 362 g/mol. The van der Waals surface area contributed by atoms with Crippen LogP contribution in [-0.2, 0) is 15.0 Å². The van der Waals surface area contributed by atoms with Gasteiger partial charge in [-0.05, 0) is 48.1 Å². The van der Waals surface area contributed by atoms with Crippen LogP contribution in [0.25, 0.3) is 5.57 Å². The molecule has 0 aliphatic carbocycles. The van der Waals surface area contributed by atoms with Crippen molar-refractivity contribution in [1.82, 2.24) is 4.90 Å². The third-order valence-electron chi connectivity index (χ3n) is 4.96. The number of nitrogens with one attached hydrogen (secondary N) is 1. The first kappa shape index (κ1) is 18.9. The van der Waals surface area contributed by atoms with Crippen LogP contribution < -0.4 is 5.32 Å². The molecule has 1 aliphatic rings. The van der Waals surface area contributed by atoms with Gasteiger partial charge in [-0.2, -0.15) is 0 Å². The molecule has 0 fully saturated rings. The summed E-state index contributed by atoms with van der Waals surface area (Å²) < 4.78 is 0. The number of benzene rings is 2. The zero-order valence-corrected chi connectivity index (χ0v) is 16.8. The van der Waals surface area contributed by atoms with Crippen LogP contribution in [0.3, 0.4) is 0 Å². The third-order valence-corrected chi connectivity index (χ3v) is 4.96. The molecule has 0 unspecified atom stereocenters. The lowest BCUT2D eigenvalue weighted by Gasteiger charge is -2.19. The molecule has 2 aromatic rings. The maximum atomic E-state index is 12.7. The van der Waals surface area contributed by atoms with Gasteiger partial charge in [0.25, 0.3) is 11.8 Å². The van der Waals surface area contributed by atoms with E-state index in [0.717, 1.165) is 22.4 Å². The largest absolute Gasteiger partial charge is 0.350 e. The van der Waals surface area contributed by atoms with Crippen LogP contribution in [0, 0.1) is 13.8 Å². The van der Waals surface area contributed by atoms with Gasteiger partial charge in [0.15, 0.2) is 0 Å². The number of hydrogen-bond donors (Lipinski definition) is 1. The number of aryl methyl sites for hydroxylation is 2. The quantitative estimate of drug-likeness (QED) is 0.822. The van der Waals surface area contributed by atoms with Crippen molar-refractivity contribution in [2.24, 2.45) is 0 Å². The van der Waals surface area contributed by atoms with Crippen molar-refractivity contribution in [2.45, 2.75) is 40.0 Å². The Morgan fingerprint density at radius 3 is 2.07 bits per heavy atom. The van der Waals surface area contributed by atoms with E-state index in [1.54, 1.807) is 0 Å². The standard InChI is InChI=1S/C23H26N2O2/c1-14-7-12-18(15(2)13-14)19-20(22(27)25(6)21(19)26)24-17-10-8-16(9-11-17)23(3,4)5/h7-13,24H,1-6H3. The molecule has 0 bridgehead atoms. The fraction of sp³-hybridized carbons (Fsp3) is 0.304. The van der Waals surface area contributed by atoms with Gasteiger partial charge in [-0.1, -0.05) is 56.7 Å². The smallest absolute Gasteiger partial charge is 0.277 e. The first-order valence-corrected chi connectivity index (χ1v) is 9.11. The normalized spacial score (nSPS) is 15.0. The minimum atomic E-state index is -0.310. The number of imide groups is 1. The van der Waals surface area contributed by atoms with Crippen molar-refractivity contribution >= 4 is 23.1 Å². The van der Waals surface area contributed by atoms with Crippen LogP contribution in [0.1, 0.15) is 43.0 Å². The summed E-state index contributed by atoms with van der Waals surface area (Å²) in [5.74, 6) is -0.587. The van der Waals surface area contributed by atoms with Crippen LogP contribution in [0.5, 0.6) is 0 Å². The molecule has 2 aromatic carbocycles. The molecule has 4 heteroatoms. The number of likely N-dealkylation sites (N-methyl/N-ethyl adjacent to an activating group) is 1. The van der Waals surface area contributed by atoms with Gasteiger partial charge >= 0.3 is 0 Å². The van der Waals surface area contributed by atoms with E-state index >= 15 is 0 Å². The van der Waals surface area contributed by atoms with E-state index < -0.39 is 0 Å². The number of carbonyl (C=O) groups excluding carboxylic acids is 2. The fourth-order valence-corrected chi connectivity index (χ4v) is 3.30. The summed E-state index contributed by atoms with van der Waals surface area (Å²) in [4.78, 5) is 26.6. The Labute approximate surface area is 160 Å². The van der Waals surface area contributed by atoms with Gasteiger partial charge in [-0.25, -0.2) is 0 Å². The minimum absolute atomic E-state index is 0.0569. The van der Waals surface area contributed by atoms with Gasteiger partial charge in [-0.15, -0.1) is 0 Å². The van der Waals surface area contributed by atoms with Crippen molar-refractivity contribution in [3.63, 3.8) is 0 Å². The zero-order chi connectivity index (χ0) is 19.9. The van der Waals surface area contributed by atoms with Crippen LogP contribution in [-0.4, -0.2) is 23.8 Å². The number of anilines is 1. The molecule has 27 heavy (non-hydrogen) atoms. The highest BCUT2D eigenvalue weighted by atomic mass is 16.2. The first-order chi connectivity index (χ1) is 12.6. The van der Waals surface area contributed by atoms with E-state index in [9.17, 15) is 9.59 Å². The Kier molecular flexibility index (Phi) is 4.68. The lowest BCUT2D eigenvalue weighted by atomic mass is 9.87. The van der Waals surface area contributed by atoms with E-state index in [2.05, 4.69) is 26.1 Å². The van der Waals surface area contributed by atoms with E-state index in [4.69, 9.17) is 0 Å². The minimum Gasteiger partial charge on any atom is -0.350 e. The van der Waals surface area contributed by atoms with Gasteiger partial charge in [0, 0.05) is 12.7 Å². The van der Waals surface area contributed by atoms with E-state index in [1.807, 2.05) is 56.3 Å². The van der Waals surface area contributed by atoms with E-state index in [1.165, 1.54) is 17.5 Å². The molecule has 0 spiro atoms. The summed E-state index contributed by atoms with van der Waals surface area (Å²) in [5, 5.41) is 3.19. The number of amides is 2. The van der Waals surface area contributed by atoms with Crippen molar-refractivity contribution in [2.75, 3.05) is 12.4 Å². The Hall–Kier alpha value is -2.88. The van der Waals surface area contributed by atoms with Crippen LogP contribution in [0.4, 0.5) is 5.69 Å². The highest BCUT2D eigenvalue weighted by molar-refractivity contribution is 6.36. The Morgan fingerprint density at radius 2 is 1.52 bits per heavy atom. The maximum absolute atomic E-state index is 12.7. The number of carbonyl (C=O) groups is 2. The van der Waals surface area contributed by atoms with Gasteiger partial charge in [-0.3, -0.25) is 14.5 Å². The van der Waals surface area contributed by atoms with Crippen molar-refractivity contribution < 1.29 is 9.59 Å². The lowest BCUT2D eigenvalue weighted by Crippen LogP contribution is -2.28. The summed E-state index contributed by atoms with van der Waals surface area (Å²) in [7, 11) is 1.52. The Bertz CT molecular complexity index is 947. The SMILES string of the molecule is Cc1ccc(C2=C(Nc3ccc(C(C)(C)C)cc3)C(=O)N(C)C2=O)c(C)c1. The number of nitrogens with zero attached hydrogens (tertiary/aromatic N) is 1. The molecule has 1 N–H and O–H groups in total. The average molecular weight is 362 g/mol. The number of hydrogen-bond acceptors (Lipinski definition) is 3.